The van der Waals surface area contributed by atoms with E-state index >= 15 is 0 Å². The fraction of sp³-hybridized carbons (Fsp3) is 0.692. The molecule has 0 bridgehead atoms. The average Bonchev–Trinajstić information content (AvgIpc) is 3.27. The Morgan fingerprint density at radius 1 is 1.14 bits per heavy atom. The summed E-state index contributed by atoms with van der Waals surface area (Å²) in [5.74, 6) is -0.391. The zero-order valence-corrected chi connectivity index (χ0v) is 22.3. The molecule has 0 radical (unpaired) electrons. The third-order valence-electron chi connectivity index (χ3n) is 9.00. The summed E-state index contributed by atoms with van der Waals surface area (Å²) in [5, 5.41) is 34.8. The molecule has 2 aliphatic carbocycles. The van der Waals surface area contributed by atoms with Gasteiger partial charge in [0.05, 0.1) is 28.9 Å². The maximum atomic E-state index is 13.0. The van der Waals surface area contributed by atoms with Gasteiger partial charge in [-0.05, 0) is 67.6 Å². The molecule has 7 atom stereocenters. The molecular weight excluding hydrogens is 507 g/mol. The monoisotopic (exact) mass is 542 g/mol. The maximum Gasteiger partial charge on any atom is 0.411 e. The van der Waals surface area contributed by atoms with Crippen molar-refractivity contribution in [2.45, 2.75) is 70.7 Å². The molecule has 1 heterocycles. The molecule has 4 N–H and O–H groups in total. The van der Waals surface area contributed by atoms with E-state index in [1.807, 2.05) is 6.92 Å². The van der Waals surface area contributed by atoms with Crippen molar-refractivity contribution in [3.8, 4) is 0 Å². The van der Waals surface area contributed by atoms with Crippen LogP contribution in [-0.4, -0.2) is 70.2 Å². The van der Waals surface area contributed by atoms with E-state index in [1.165, 1.54) is 6.07 Å². The van der Waals surface area contributed by atoms with E-state index in [-0.39, 0.29) is 30.8 Å². The summed E-state index contributed by atoms with van der Waals surface area (Å²) in [7, 11) is 0. The minimum Gasteiger partial charge on any atom is -0.445 e. The summed E-state index contributed by atoms with van der Waals surface area (Å²) in [5.41, 5.74) is -0.705. The Balaban J connectivity index is 1.49. The normalized spacial score (nSPS) is 36.3. The Morgan fingerprint density at radius 3 is 2.53 bits per heavy atom. The van der Waals surface area contributed by atoms with E-state index < -0.39 is 35.2 Å². The van der Waals surface area contributed by atoms with Gasteiger partial charge in [0.1, 0.15) is 6.10 Å². The van der Waals surface area contributed by atoms with E-state index in [4.69, 9.17) is 27.9 Å². The van der Waals surface area contributed by atoms with Crippen LogP contribution in [0.1, 0.15) is 52.4 Å². The Bertz CT molecular complexity index is 995. The van der Waals surface area contributed by atoms with Crippen molar-refractivity contribution in [3.63, 3.8) is 0 Å². The third kappa shape index (κ3) is 5.20. The largest absolute Gasteiger partial charge is 0.445 e. The molecule has 3 fully saturated rings. The topological polar surface area (TPSA) is 119 Å². The van der Waals surface area contributed by atoms with Crippen LogP contribution in [0.25, 0.3) is 0 Å². The highest BCUT2D eigenvalue weighted by Crippen LogP contribution is 2.61. The van der Waals surface area contributed by atoms with Gasteiger partial charge in [-0.1, -0.05) is 37.0 Å². The van der Waals surface area contributed by atoms with E-state index in [2.05, 4.69) is 12.2 Å². The maximum absolute atomic E-state index is 13.0. The van der Waals surface area contributed by atoms with Gasteiger partial charge in [0, 0.05) is 30.6 Å². The number of carbonyl (C=O) groups is 2. The number of benzene rings is 1. The van der Waals surface area contributed by atoms with Gasteiger partial charge in [0.15, 0.2) is 0 Å². The molecule has 2 saturated carbocycles. The lowest BCUT2D eigenvalue weighted by Crippen LogP contribution is -2.61. The SMILES string of the molecule is C[C@]1(CO)[C@H]2CC[C@@H](O)[C@@H](CC(=O)N3CC[C@@H](O)C3)[C@]2(C)CC[C@H]1OC(=O)Nc1ccc(Cl)c(Cl)c1. The molecule has 1 saturated heterocycles. The second-order valence-corrected chi connectivity index (χ2v) is 12.0. The van der Waals surface area contributed by atoms with Crippen molar-refractivity contribution < 1.29 is 29.6 Å². The number of carbonyl (C=O) groups excluding carboxylic acids is 2. The van der Waals surface area contributed by atoms with Crippen molar-refractivity contribution in [2.24, 2.45) is 22.7 Å². The molecule has 200 valence electrons. The van der Waals surface area contributed by atoms with Crippen molar-refractivity contribution in [3.05, 3.63) is 28.2 Å². The van der Waals surface area contributed by atoms with Crippen LogP contribution in [0.4, 0.5) is 10.5 Å². The minimum atomic E-state index is -0.743. The Labute approximate surface area is 221 Å². The molecule has 8 nitrogen and oxygen atoms in total. The summed E-state index contributed by atoms with van der Waals surface area (Å²) in [4.78, 5) is 27.5. The second-order valence-electron chi connectivity index (χ2n) is 11.1. The number of aliphatic hydroxyl groups excluding tert-OH is 3. The molecule has 1 aromatic rings. The first-order chi connectivity index (χ1) is 17.0. The average molecular weight is 543 g/mol. The number of fused-ring (bicyclic) bond motifs is 1. The highest BCUT2D eigenvalue weighted by atomic mass is 35.5. The molecule has 0 aromatic heterocycles. The highest BCUT2D eigenvalue weighted by molar-refractivity contribution is 6.42. The number of ether oxygens (including phenoxy) is 1. The van der Waals surface area contributed by atoms with Crippen LogP contribution < -0.4 is 5.32 Å². The second kappa shape index (κ2) is 10.7. The van der Waals surface area contributed by atoms with E-state index in [0.717, 1.165) is 0 Å². The smallest absolute Gasteiger partial charge is 0.411 e. The molecule has 4 rings (SSSR count). The van der Waals surface area contributed by atoms with Crippen molar-refractivity contribution >= 4 is 40.9 Å². The predicted octanol–water partition coefficient (Wildman–Crippen LogP) is 4.08. The first-order valence-corrected chi connectivity index (χ1v) is 13.4. The van der Waals surface area contributed by atoms with Gasteiger partial charge < -0.3 is 25.0 Å². The zero-order valence-electron chi connectivity index (χ0n) is 20.8. The number of amides is 2. The quantitative estimate of drug-likeness (QED) is 0.445. The van der Waals surface area contributed by atoms with Gasteiger partial charge in [0.2, 0.25) is 5.91 Å². The van der Waals surface area contributed by atoms with Crippen molar-refractivity contribution in [1.82, 2.24) is 4.90 Å². The standard InChI is InChI=1S/C26H36Cl2N2O6/c1-25-9-7-22(36-24(35)29-15-3-4-18(27)19(28)11-15)26(2,14-31)21(25)6-5-20(33)17(25)12-23(34)30-10-8-16(32)13-30/h3-4,11,16-17,20-22,31-33H,5-10,12-14H2,1-2H3,(H,29,35)/t16-,17-,20-,21+,22-,25+,26+/m1/s1. The van der Waals surface area contributed by atoms with E-state index in [1.54, 1.807) is 17.0 Å². The number of hydrogen-bond donors (Lipinski definition) is 4. The number of aliphatic hydroxyl groups is 3. The Morgan fingerprint density at radius 2 is 1.89 bits per heavy atom. The minimum absolute atomic E-state index is 0.0532. The molecule has 10 heteroatoms. The number of anilines is 1. The first-order valence-electron chi connectivity index (χ1n) is 12.7. The molecular formula is C26H36Cl2N2O6. The van der Waals surface area contributed by atoms with Crippen LogP contribution in [0.2, 0.25) is 10.0 Å². The Kier molecular flexibility index (Phi) is 8.12. The van der Waals surface area contributed by atoms with Crippen molar-refractivity contribution in [1.29, 1.82) is 0 Å². The van der Waals surface area contributed by atoms with Gasteiger partial charge in [0.25, 0.3) is 0 Å². The van der Waals surface area contributed by atoms with Crippen LogP contribution in [0, 0.1) is 22.7 Å². The highest BCUT2D eigenvalue weighted by Gasteiger charge is 2.60. The molecule has 0 unspecified atom stereocenters. The summed E-state index contributed by atoms with van der Waals surface area (Å²) in [6.45, 7) is 4.70. The predicted molar refractivity (Wildman–Crippen MR) is 137 cm³/mol. The van der Waals surface area contributed by atoms with Gasteiger partial charge in [-0.15, -0.1) is 0 Å². The molecule has 3 aliphatic rings. The van der Waals surface area contributed by atoms with Gasteiger partial charge in [-0.25, -0.2) is 4.79 Å². The van der Waals surface area contributed by atoms with E-state index in [0.29, 0.717) is 60.9 Å². The van der Waals surface area contributed by atoms with Crippen LogP contribution in [0.5, 0.6) is 0 Å². The number of likely N-dealkylation sites (tertiary alicyclic amines) is 1. The molecule has 2 amide bonds. The van der Waals surface area contributed by atoms with E-state index in [9.17, 15) is 24.9 Å². The van der Waals surface area contributed by atoms with Gasteiger partial charge >= 0.3 is 6.09 Å². The number of β-amino-alcohol motifs (C(OH)–C–C–N with tert-alkyl or cyclic N) is 1. The zero-order chi connectivity index (χ0) is 26.3. The Hall–Kier alpha value is -1.58. The molecule has 1 aromatic carbocycles. The fourth-order valence-corrected chi connectivity index (χ4v) is 7.21. The summed E-state index contributed by atoms with van der Waals surface area (Å²) in [6.07, 6.45) is 0.801. The number of nitrogens with one attached hydrogen (secondary N) is 1. The lowest BCUT2D eigenvalue weighted by molar-refractivity contribution is -0.186. The number of rotatable bonds is 5. The molecule has 1 aliphatic heterocycles. The van der Waals surface area contributed by atoms with Crippen LogP contribution in [-0.2, 0) is 9.53 Å². The van der Waals surface area contributed by atoms with Crippen LogP contribution >= 0.6 is 23.2 Å². The lowest BCUT2D eigenvalue weighted by atomic mass is 9.46. The number of halogens is 2. The van der Waals surface area contributed by atoms with Gasteiger partial charge in [-0.3, -0.25) is 10.1 Å². The summed E-state index contributed by atoms with van der Waals surface area (Å²) in [6, 6.07) is 4.75. The number of hydrogen-bond acceptors (Lipinski definition) is 6. The lowest BCUT2D eigenvalue weighted by Gasteiger charge is -2.60. The molecule has 0 spiro atoms. The van der Waals surface area contributed by atoms with Crippen LogP contribution in [0.3, 0.4) is 0 Å². The van der Waals surface area contributed by atoms with Crippen LogP contribution in [0.15, 0.2) is 18.2 Å². The third-order valence-corrected chi connectivity index (χ3v) is 9.74. The fourth-order valence-electron chi connectivity index (χ4n) is 6.92. The first kappa shape index (κ1) is 27.5. The molecule has 36 heavy (non-hydrogen) atoms. The summed E-state index contributed by atoms with van der Waals surface area (Å²) < 4.78 is 5.85. The van der Waals surface area contributed by atoms with Gasteiger partial charge in [-0.2, -0.15) is 0 Å². The number of nitrogens with zero attached hydrogens (tertiary/aromatic N) is 1. The summed E-state index contributed by atoms with van der Waals surface area (Å²) >= 11 is 12.0. The van der Waals surface area contributed by atoms with Crippen molar-refractivity contribution in [2.75, 3.05) is 25.0 Å².